The Morgan fingerprint density at radius 1 is 1.00 bits per heavy atom. The Bertz CT molecular complexity index is 437. The van der Waals surface area contributed by atoms with E-state index in [0.29, 0.717) is 5.92 Å². The molecule has 1 aromatic heterocycles. The Hall–Kier alpha value is -0.990. The molecule has 3 rings (SSSR count). The second-order valence-corrected chi connectivity index (χ2v) is 6.90. The standard InChI is InChI=1S/C17H29N3/c1-20-16(18)15(12-13-8-4-2-5-9-13)19-17(20)14-10-6-3-7-11-14/h13-14H,2-12,18H2,1H3. The van der Waals surface area contributed by atoms with Crippen LogP contribution in [0.4, 0.5) is 5.82 Å². The Morgan fingerprint density at radius 3 is 2.25 bits per heavy atom. The van der Waals surface area contributed by atoms with Crippen LogP contribution in [-0.4, -0.2) is 9.55 Å². The van der Waals surface area contributed by atoms with Crippen molar-refractivity contribution in [2.45, 2.75) is 76.5 Å². The molecule has 112 valence electrons. The minimum absolute atomic E-state index is 0.649. The second kappa shape index (κ2) is 6.19. The fourth-order valence-electron chi connectivity index (χ4n) is 4.13. The minimum atomic E-state index is 0.649. The Kier molecular flexibility index (Phi) is 4.32. The average Bonchev–Trinajstić information content (AvgIpc) is 2.78. The number of aromatic nitrogens is 2. The van der Waals surface area contributed by atoms with Gasteiger partial charge in [-0.15, -0.1) is 0 Å². The summed E-state index contributed by atoms with van der Waals surface area (Å²) in [6.45, 7) is 0. The van der Waals surface area contributed by atoms with E-state index in [9.17, 15) is 0 Å². The van der Waals surface area contributed by atoms with Crippen LogP contribution in [0.1, 0.15) is 81.6 Å². The summed E-state index contributed by atoms with van der Waals surface area (Å²) in [5.41, 5.74) is 7.51. The maximum Gasteiger partial charge on any atom is 0.126 e. The lowest BCUT2D eigenvalue weighted by molar-refractivity contribution is 0.354. The Morgan fingerprint density at radius 2 is 1.60 bits per heavy atom. The third-order valence-corrected chi connectivity index (χ3v) is 5.43. The van der Waals surface area contributed by atoms with Crippen LogP contribution in [0, 0.1) is 5.92 Å². The molecule has 0 unspecified atom stereocenters. The third kappa shape index (κ3) is 2.87. The highest BCUT2D eigenvalue weighted by molar-refractivity contribution is 5.39. The van der Waals surface area contributed by atoms with Gasteiger partial charge < -0.3 is 10.3 Å². The lowest BCUT2D eigenvalue weighted by Crippen LogP contribution is -2.11. The van der Waals surface area contributed by atoms with Crippen LogP contribution in [0.15, 0.2) is 0 Å². The number of imidazole rings is 1. The van der Waals surface area contributed by atoms with Gasteiger partial charge in [-0.1, -0.05) is 51.4 Å². The van der Waals surface area contributed by atoms with E-state index in [4.69, 9.17) is 10.7 Å². The first-order valence-electron chi connectivity index (χ1n) is 8.56. The number of nitrogens with two attached hydrogens (primary N) is 1. The summed E-state index contributed by atoms with van der Waals surface area (Å²) in [5, 5.41) is 0. The first kappa shape index (κ1) is 14.0. The van der Waals surface area contributed by atoms with Gasteiger partial charge in [-0.05, 0) is 25.2 Å². The summed E-state index contributed by atoms with van der Waals surface area (Å²) >= 11 is 0. The smallest absolute Gasteiger partial charge is 0.126 e. The summed E-state index contributed by atoms with van der Waals surface area (Å²) < 4.78 is 2.17. The van der Waals surface area contributed by atoms with Crippen molar-refractivity contribution in [1.82, 2.24) is 9.55 Å². The molecular weight excluding hydrogens is 246 g/mol. The monoisotopic (exact) mass is 275 g/mol. The third-order valence-electron chi connectivity index (χ3n) is 5.43. The van der Waals surface area contributed by atoms with E-state index >= 15 is 0 Å². The molecule has 20 heavy (non-hydrogen) atoms. The predicted molar refractivity (Wildman–Crippen MR) is 83.7 cm³/mol. The molecule has 0 aliphatic heterocycles. The van der Waals surface area contributed by atoms with E-state index in [1.165, 1.54) is 75.7 Å². The van der Waals surface area contributed by atoms with Gasteiger partial charge in [-0.3, -0.25) is 0 Å². The van der Waals surface area contributed by atoms with Crippen molar-refractivity contribution < 1.29 is 0 Å². The molecule has 0 atom stereocenters. The van der Waals surface area contributed by atoms with E-state index in [1.807, 2.05) is 0 Å². The highest BCUT2D eigenvalue weighted by Crippen LogP contribution is 2.34. The van der Waals surface area contributed by atoms with Crippen molar-refractivity contribution in [3.63, 3.8) is 0 Å². The highest BCUT2D eigenvalue weighted by Gasteiger charge is 2.24. The second-order valence-electron chi connectivity index (χ2n) is 6.90. The lowest BCUT2D eigenvalue weighted by Gasteiger charge is -2.21. The van der Waals surface area contributed by atoms with E-state index in [0.717, 1.165) is 18.2 Å². The zero-order valence-electron chi connectivity index (χ0n) is 12.9. The quantitative estimate of drug-likeness (QED) is 0.899. The molecular formula is C17H29N3. The number of nitrogens with zero attached hydrogens (tertiary/aromatic N) is 2. The molecule has 0 spiro atoms. The summed E-state index contributed by atoms with van der Waals surface area (Å²) in [5.74, 6) is 3.65. The molecule has 1 heterocycles. The zero-order valence-corrected chi connectivity index (χ0v) is 12.9. The van der Waals surface area contributed by atoms with Crippen LogP contribution in [0.2, 0.25) is 0 Å². The minimum Gasteiger partial charge on any atom is -0.384 e. The van der Waals surface area contributed by atoms with Crippen LogP contribution >= 0.6 is 0 Å². The molecule has 2 fully saturated rings. The van der Waals surface area contributed by atoms with Crippen LogP contribution in [0.3, 0.4) is 0 Å². The van der Waals surface area contributed by atoms with Crippen LogP contribution < -0.4 is 5.73 Å². The topological polar surface area (TPSA) is 43.8 Å². The maximum absolute atomic E-state index is 6.33. The molecule has 0 saturated heterocycles. The van der Waals surface area contributed by atoms with Crippen molar-refractivity contribution in [1.29, 1.82) is 0 Å². The summed E-state index contributed by atoms with van der Waals surface area (Å²) in [4.78, 5) is 4.97. The molecule has 2 aliphatic carbocycles. The van der Waals surface area contributed by atoms with Crippen molar-refractivity contribution in [3.8, 4) is 0 Å². The summed E-state index contributed by atoms with van der Waals surface area (Å²) in [6.07, 6.45) is 14.8. The van der Waals surface area contributed by atoms with E-state index < -0.39 is 0 Å². The summed E-state index contributed by atoms with van der Waals surface area (Å²) in [7, 11) is 2.11. The number of hydrogen-bond donors (Lipinski definition) is 1. The molecule has 3 heteroatoms. The number of nitrogen functional groups attached to an aromatic ring is 1. The number of rotatable bonds is 3. The SMILES string of the molecule is Cn1c(C2CCCCC2)nc(CC2CCCCC2)c1N. The highest BCUT2D eigenvalue weighted by atomic mass is 15.1. The largest absolute Gasteiger partial charge is 0.384 e. The molecule has 2 saturated carbocycles. The first-order chi connectivity index (χ1) is 9.75. The van der Waals surface area contributed by atoms with Crippen molar-refractivity contribution in [2.75, 3.05) is 5.73 Å². The van der Waals surface area contributed by atoms with Gasteiger partial charge in [-0.2, -0.15) is 0 Å². The lowest BCUT2D eigenvalue weighted by atomic mass is 9.86. The maximum atomic E-state index is 6.33. The molecule has 0 bridgehead atoms. The molecule has 0 amide bonds. The van der Waals surface area contributed by atoms with E-state index in [1.54, 1.807) is 0 Å². The summed E-state index contributed by atoms with van der Waals surface area (Å²) in [6, 6.07) is 0. The van der Waals surface area contributed by atoms with Gasteiger partial charge in [0.1, 0.15) is 11.6 Å². The van der Waals surface area contributed by atoms with Crippen LogP contribution in [0.25, 0.3) is 0 Å². The number of anilines is 1. The van der Waals surface area contributed by atoms with E-state index in [-0.39, 0.29) is 0 Å². The van der Waals surface area contributed by atoms with Gasteiger partial charge >= 0.3 is 0 Å². The average molecular weight is 275 g/mol. The van der Waals surface area contributed by atoms with Gasteiger partial charge in [0.25, 0.3) is 0 Å². The molecule has 2 N–H and O–H groups in total. The Labute approximate surface area is 123 Å². The van der Waals surface area contributed by atoms with Crippen molar-refractivity contribution >= 4 is 5.82 Å². The van der Waals surface area contributed by atoms with Gasteiger partial charge in [0.2, 0.25) is 0 Å². The first-order valence-corrected chi connectivity index (χ1v) is 8.56. The Balaban J connectivity index is 1.74. The van der Waals surface area contributed by atoms with Crippen molar-refractivity contribution in [3.05, 3.63) is 11.5 Å². The van der Waals surface area contributed by atoms with Crippen LogP contribution in [-0.2, 0) is 13.5 Å². The fraction of sp³-hybridized carbons (Fsp3) is 0.824. The molecule has 1 aromatic rings. The van der Waals surface area contributed by atoms with Gasteiger partial charge in [0.05, 0.1) is 5.69 Å². The molecule has 3 nitrogen and oxygen atoms in total. The fourth-order valence-corrected chi connectivity index (χ4v) is 4.13. The van der Waals surface area contributed by atoms with E-state index in [2.05, 4.69) is 11.6 Å². The van der Waals surface area contributed by atoms with Gasteiger partial charge in [0.15, 0.2) is 0 Å². The van der Waals surface area contributed by atoms with Crippen LogP contribution in [0.5, 0.6) is 0 Å². The zero-order chi connectivity index (χ0) is 13.9. The normalized spacial score (nSPS) is 22.2. The number of hydrogen-bond acceptors (Lipinski definition) is 2. The van der Waals surface area contributed by atoms with Gasteiger partial charge in [-0.25, -0.2) is 4.98 Å². The molecule has 2 aliphatic rings. The molecule has 0 radical (unpaired) electrons. The van der Waals surface area contributed by atoms with Gasteiger partial charge in [0, 0.05) is 13.0 Å². The predicted octanol–water partition coefficient (Wildman–Crippen LogP) is 4.17. The molecule has 0 aromatic carbocycles. The van der Waals surface area contributed by atoms with Crippen molar-refractivity contribution in [2.24, 2.45) is 13.0 Å².